The molecule has 13 heteroatoms. The summed E-state index contributed by atoms with van der Waals surface area (Å²) in [4.78, 5) is 49.5. The number of nitrogens with zero attached hydrogens (tertiary/aromatic N) is 6. The van der Waals surface area contributed by atoms with E-state index in [9.17, 15) is 14.4 Å². The number of likely N-dealkylation sites (tertiary alicyclic amines) is 1. The van der Waals surface area contributed by atoms with Crippen LogP contribution in [-0.4, -0.2) is 66.4 Å². The molecule has 2 saturated heterocycles. The Hall–Kier alpha value is -5.69. The van der Waals surface area contributed by atoms with Crippen LogP contribution in [0.25, 0.3) is 22.3 Å². The van der Waals surface area contributed by atoms with Gasteiger partial charge in [-0.3, -0.25) is 24.6 Å². The van der Waals surface area contributed by atoms with E-state index in [0.29, 0.717) is 59.1 Å². The number of para-hydroxylation sites is 1. The summed E-state index contributed by atoms with van der Waals surface area (Å²) in [6.07, 6.45) is 3.36. The third-order valence-corrected chi connectivity index (χ3v) is 9.65. The smallest absolute Gasteiger partial charge is 0.255 e. The van der Waals surface area contributed by atoms with Crippen molar-refractivity contribution in [3.8, 4) is 22.8 Å². The minimum absolute atomic E-state index is 0.00463. The van der Waals surface area contributed by atoms with Crippen LogP contribution in [0.2, 0.25) is 0 Å². The quantitative estimate of drug-likeness (QED) is 0.239. The van der Waals surface area contributed by atoms with Crippen LogP contribution in [0, 0.1) is 5.82 Å². The molecule has 3 N–H and O–H groups in total. The molecule has 0 radical (unpaired) electrons. The highest BCUT2D eigenvalue weighted by molar-refractivity contribution is 6.05. The number of carbonyl (C=O) groups excluding carboxylic acids is 3. The van der Waals surface area contributed by atoms with E-state index < -0.39 is 17.8 Å². The minimum atomic E-state index is -0.785. The van der Waals surface area contributed by atoms with E-state index >= 15 is 4.39 Å². The number of ether oxygens (including phenoxy) is 1. The highest BCUT2D eigenvalue weighted by Gasteiger charge is 2.40. The molecule has 12 nitrogen and oxygen atoms in total. The molecular formula is C36H33FN8O4. The van der Waals surface area contributed by atoms with Crippen molar-refractivity contribution in [2.24, 2.45) is 0 Å². The van der Waals surface area contributed by atoms with Crippen molar-refractivity contribution in [2.75, 3.05) is 18.8 Å². The minimum Gasteiger partial charge on any atom is -0.457 e. The van der Waals surface area contributed by atoms with Crippen molar-refractivity contribution in [3.05, 3.63) is 95.6 Å². The van der Waals surface area contributed by atoms with E-state index in [0.717, 1.165) is 24.2 Å². The van der Waals surface area contributed by atoms with Crippen LogP contribution in [0.15, 0.2) is 73.1 Å². The molecule has 3 aromatic carbocycles. The monoisotopic (exact) mass is 660 g/mol. The Morgan fingerprint density at radius 1 is 0.918 bits per heavy atom. The highest BCUT2D eigenvalue weighted by atomic mass is 19.1. The number of rotatable bonds is 7. The summed E-state index contributed by atoms with van der Waals surface area (Å²) >= 11 is 0. The molecule has 0 unspecified atom stereocenters. The Bertz CT molecular complexity index is 2090. The Morgan fingerprint density at radius 2 is 1.67 bits per heavy atom. The van der Waals surface area contributed by atoms with E-state index in [1.807, 2.05) is 59.3 Å². The van der Waals surface area contributed by atoms with Crippen LogP contribution in [0.1, 0.15) is 53.2 Å². The van der Waals surface area contributed by atoms with E-state index in [1.54, 1.807) is 12.1 Å². The fourth-order valence-corrected chi connectivity index (χ4v) is 7.10. The number of anilines is 1. The zero-order valence-corrected chi connectivity index (χ0v) is 26.5. The second kappa shape index (κ2) is 12.4. The fraction of sp³-hybridized carbons (Fsp3) is 0.278. The molecule has 8 rings (SSSR count). The number of nitrogens with one attached hydrogen (secondary N) is 1. The summed E-state index contributed by atoms with van der Waals surface area (Å²) in [7, 11) is 0. The number of aromatic nitrogens is 4. The average Bonchev–Trinajstić information content (AvgIpc) is 3.66. The molecule has 5 heterocycles. The molecule has 0 saturated carbocycles. The summed E-state index contributed by atoms with van der Waals surface area (Å²) in [5.41, 5.74) is 9.67. The van der Waals surface area contributed by atoms with Gasteiger partial charge in [-0.2, -0.15) is 5.10 Å². The van der Waals surface area contributed by atoms with Crippen molar-refractivity contribution in [1.29, 1.82) is 0 Å². The van der Waals surface area contributed by atoms with Gasteiger partial charge in [-0.15, -0.1) is 0 Å². The van der Waals surface area contributed by atoms with Gasteiger partial charge in [0.05, 0.1) is 18.0 Å². The summed E-state index contributed by atoms with van der Waals surface area (Å²) in [6.45, 7) is 1.79. The van der Waals surface area contributed by atoms with Crippen LogP contribution < -0.4 is 15.8 Å². The third kappa shape index (κ3) is 5.65. The lowest BCUT2D eigenvalue weighted by Crippen LogP contribution is -2.52. The molecule has 49 heavy (non-hydrogen) atoms. The number of fused-ring (bicyclic) bond motifs is 2. The van der Waals surface area contributed by atoms with E-state index in [-0.39, 0.29) is 42.8 Å². The SMILES string of the molecule is Nc1ncnc2c1c(-c1ccc(Oc3ccccc3)cc1)nn2C1CCN(Cc2ccc3c(c2F)CN([C@H]2CCC(=O)NC2=O)C3=O)CC1. The van der Waals surface area contributed by atoms with E-state index in [4.69, 9.17) is 15.6 Å². The van der Waals surface area contributed by atoms with Crippen molar-refractivity contribution in [1.82, 2.24) is 34.9 Å². The second-order valence-electron chi connectivity index (χ2n) is 12.7. The molecular weight excluding hydrogens is 627 g/mol. The van der Waals surface area contributed by atoms with Gasteiger partial charge in [0.25, 0.3) is 5.91 Å². The van der Waals surface area contributed by atoms with Gasteiger partial charge in [-0.25, -0.2) is 19.0 Å². The number of hydrogen-bond acceptors (Lipinski definition) is 9. The number of piperidine rings is 2. The topological polar surface area (TPSA) is 149 Å². The number of imide groups is 1. The maximum Gasteiger partial charge on any atom is 0.255 e. The number of benzene rings is 3. The van der Waals surface area contributed by atoms with Crippen LogP contribution in [0.3, 0.4) is 0 Å². The molecule has 5 aromatic rings. The molecule has 0 bridgehead atoms. The molecule has 3 aliphatic heterocycles. The Balaban J connectivity index is 0.966. The van der Waals surface area contributed by atoms with Gasteiger partial charge in [0.2, 0.25) is 11.8 Å². The van der Waals surface area contributed by atoms with Gasteiger partial charge >= 0.3 is 0 Å². The van der Waals surface area contributed by atoms with Gasteiger partial charge in [-0.05, 0) is 61.7 Å². The first-order chi connectivity index (χ1) is 23.8. The summed E-state index contributed by atoms with van der Waals surface area (Å²) in [5.74, 6) is 0.128. The predicted octanol–water partition coefficient (Wildman–Crippen LogP) is 4.61. The standard InChI is InChI=1S/C36H33FN8O4/c37-31-22(8-11-26-27(31)19-44(36(26)48)28-12-13-29(46)41-35(28)47)18-43-16-14-23(15-17-43)45-34-30(33(38)39-20-40-34)32(42-45)21-6-9-25(10-7-21)49-24-4-2-1-3-5-24/h1-11,20,23,28H,12-19H2,(H2,38,39,40)(H,41,46,47)/t28-/m0/s1. The molecule has 3 amide bonds. The predicted molar refractivity (Wildman–Crippen MR) is 178 cm³/mol. The zero-order chi connectivity index (χ0) is 33.6. The van der Waals surface area contributed by atoms with E-state index in [2.05, 4.69) is 20.2 Å². The largest absolute Gasteiger partial charge is 0.457 e. The summed E-state index contributed by atoms with van der Waals surface area (Å²) < 4.78 is 23.7. The first kappa shape index (κ1) is 30.6. The molecule has 0 spiro atoms. The lowest BCUT2D eigenvalue weighted by atomic mass is 10.0. The normalized spacial score (nSPS) is 18.6. The number of amides is 3. The molecule has 2 fully saturated rings. The van der Waals surface area contributed by atoms with E-state index in [1.165, 1.54) is 11.2 Å². The van der Waals surface area contributed by atoms with Gasteiger partial charge in [-0.1, -0.05) is 24.3 Å². The third-order valence-electron chi connectivity index (χ3n) is 9.65. The fourth-order valence-electron chi connectivity index (χ4n) is 7.10. The lowest BCUT2D eigenvalue weighted by molar-refractivity contribution is -0.136. The second-order valence-corrected chi connectivity index (χ2v) is 12.7. The highest BCUT2D eigenvalue weighted by Crippen LogP contribution is 2.36. The Kier molecular flexibility index (Phi) is 7.75. The molecule has 3 aliphatic rings. The van der Waals surface area contributed by atoms with Crippen molar-refractivity contribution >= 4 is 34.6 Å². The molecule has 1 atom stereocenters. The van der Waals surface area contributed by atoms with Gasteiger partial charge in [0, 0.05) is 48.3 Å². The number of hydrogen-bond donors (Lipinski definition) is 2. The Morgan fingerprint density at radius 3 is 2.43 bits per heavy atom. The zero-order valence-electron chi connectivity index (χ0n) is 26.5. The first-order valence-corrected chi connectivity index (χ1v) is 16.3. The Labute approximate surface area is 280 Å². The maximum absolute atomic E-state index is 15.8. The van der Waals surface area contributed by atoms with Crippen molar-refractivity contribution < 1.29 is 23.5 Å². The number of halogens is 1. The van der Waals surface area contributed by atoms with Crippen LogP contribution in [0.5, 0.6) is 11.5 Å². The number of nitrogens with two attached hydrogens (primary N) is 1. The average molecular weight is 661 g/mol. The molecule has 2 aromatic heterocycles. The van der Waals surface area contributed by atoms with Crippen LogP contribution >= 0.6 is 0 Å². The van der Waals surface area contributed by atoms with Crippen molar-refractivity contribution in [3.63, 3.8) is 0 Å². The molecule has 248 valence electrons. The summed E-state index contributed by atoms with van der Waals surface area (Å²) in [5, 5.41) is 7.99. The first-order valence-electron chi connectivity index (χ1n) is 16.3. The van der Waals surface area contributed by atoms with Crippen molar-refractivity contribution in [2.45, 2.75) is 50.9 Å². The lowest BCUT2D eigenvalue weighted by Gasteiger charge is -2.32. The molecule has 0 aliphatic carbocycles. The van der Waals surface area contributed by atoms with Gasteiger partial charge in [0.15, 0.2) is 5.65 Å². The number of nitrogen functional groups attached to an aromatic ring is 1. The van der Waals surface area contributed by atoms with Gasteiger partial charge in [0.1, 0.15) is 41.2 Å². The number of carbonyl (C=O) groups is 3. The summed E-state index contributed by atoms with van der Waals surface area (Å²) in [6, 6.07) is 19.8. The van der Waals surface area contributed by atoms with Crippen LogP contribution in [0.4, 0.5) is 10.2 Å². The maximum atomic E-state index is 15.8. The van der Waals surface area contributed by atoms with Crippen LogP contribution in [-0.2, 0) is 22.7 Å². The van der Waals surface area contributed by atoms with Gasteiger partial charge < -0.3 is 15.4 Å².